The van der Waals surface area contributed by atoms with Crippen molar-refractivity contribution in [2.45, 2.75) is 50.5 Å². The number of rotatable bonds is 3. The van der Waals surface area contributed by atoms with Crippen molar-refractivity contribution in [2.75, 3.05) is 6.54 Å². The first-order valence-corrected chi connectivity index (χ1v) is 6.10. The highest BCUT2D eigenvalue weighted by Crippen LogP contribution is 2.38. The third-order valence-electron chi connectivity index (χ3n) is 3.82. The van der Waals surface area contributed by atoms with E-state index in [0.717, 1.165) is 24.6 Å². The van der Waals surface area contributed by atoms with Crippen molar-refractivity contribution in [1.29, 1.82) is 0 Å². The summed E-state index contributed by atoms with van der Waals surface area (Å²) in [6, 6.07) is 0.622. The summed E-state index contributed by atoms with van der Waals surface area (Å²) in [6.45, 7) is 1.16. The summed E-state index contributed by atoms with van der Waals surface area (Å²) in [5.41, 5.74) is 1.38. The zero-order chi connectivity index (χ0) is 10.1. The van der Waals surface area contributed by atoms with Crippen LogP contribution < -0.4 is 5.32 Å². The second-order valence-electron chi connectivity index (χ2n) is 4.83. The molecule has 0 bridgehead atoms. The third-order valence-corrected chi connectivity index (χ3v) is 3.82. The molecule has 0 spiro atoms. The molecule has 1 saturated carbocycles. The number of aromatic nitrogens is 1. The van der Waals surface area contributed by atoms with Gasteiger partial charge in [0.2, 0.25) is 0 Å². The van der Waals surface area contributed by atoms with Crippen molar-refractivity contribution in [3.63, 3.8) is 0 Å². The molecule has 0 aromatic carbocycles. The fourth-order valence-corrected chi connectivity index (χ4v) is 2.63. The van der Waals surface area contributed by atoms with Gasteiger partial charge < -0.3 is 9.84 Å². The molecule has 1 aliphatic carbocycles. The summed E-state index contributed by atoms with van der Waals surface area (Å²) in [7, 11) is 0. The average molecular weight is 206 g/mol. The topological polar surface area (TPSA) is 38.1 Å². The van der Waals surface area contributed by atoms with Gasteiger partial charge in [0, 0.05) is 18.0 Å². The van der Waals surface area contributed by atoms with E-state index in [9.17, 15) is 0 Å². The van der Waals surface area contributed by atoms with Crippen molar-refractivity contribution >= 4 is 0 Å². The largest absolute Gasteiger partial charge is 0.361 e. The highest BCUT2D eigenvalue weighted by molar-refractivity contribution is 5.22. The molecule has 1 N–H and O–H groups in total. The summed E-state index contributed by atoms with van der Waals surface area (Å²) in [4.78, 5) is 0. The first-order valence-electron chi connectivity index (χ1n) is 6.10. The molecule has 1 aromatic rings. The lowest BCUT2D eigenvalue weighted by Crippen LogP contribution is -2.24. The second-order valence-corrected chi connectivity index (χ2v) is 4.83. The zero-order valence-corrected chi connectivity index (χ0v) is 9.04. The van der Waals surface area contributed by atoms with Crippen LogP contribution in [0.15, 0.2) is 10.7 Å². The van der Waals surface area contributed by atoms with Gasteiger partial charge in [-0.25, -0.2) is 0 Å². The molecule has 3 nitrogen and oxygen atoms in total. The van der Waals surface area contributed by atoms with Crippen LogP contribution in [0.4, 0.5) is 0 Å². The van der Waals surface area contributed by atoms with Crippen molar-refractivity contribution in [3.8, 4) is 0 Å². The van der Waals surface area contributed by atoms with Crippen LogP contribution in [0, 0.1) is 0 Å². The van der Waals surface area contributed by atoms with Crippen LogP contribution in [0.25, 0.3) is 0 Å². The average Bonchev–Trinajstić information content (AvgIpc) is 2.76. The van der Waals surface area contributed by atoms with E-state index in [1.165, 1.54) is 37.7 Å². The maximum Gasteiger partial charge on any atom is 0.141 e. The number of hydrogen-bond acceptors (Lipinski definition) is 3. The fraction of sp³-hybridized carbons (Fsp3) is 0.750. The summed E-state index contributed by atoms with van der Waals surface area (Å²) in [6.07, 6.45) is 9.58. The van der Waals surface area contributed by atoms with Crippen LogP contribution in [0.3, 0.4) is 0 Å². The quantitative estimate of drug-likeness (QED) is 0.824. The molecular formula is C12H18N2O. The number of hydrogen-bond donors (Lipinski definition) is 1. The van der Waals surface area contributed by atoms with Gasteiger partial charge in [-0.2, -0.15) is 0 Å². The van der Waals surface area contributed by atoms with Gasteiger partial charge in [0.1, 0.15) is 5.76 Å². The van der Waals surface area contributed by atoms with Gasteiger partial charge in [0.05, 0.1) is 6.20 Å². The SMILES string of the molecule is c1noc(CC2CCCN2)c1C1CCC1. The molecule has 82 valence electrons. The Balaban J connectivity index is 1.70. The van der Waals surface area contributed by atoms with Gasteiger partial charge in [-0.05, 0) is 38.1 Å². The van der Waals surface area contributed by atoms with Crippen LogP contribution in [0.1, 0.15) is 49.3 Å². The van der Waals surface area contributed by atoms with E-state index in [4.69, 9.17) is 4.52 Å². The molecule has 2 aliphatic rings. The Kier molecular flexibility index (Phi) is 2.49. The molecule has 2 fully saturated rings. The maximum atomic E-state index is 5.39. The van der Waals surface area contributed by atoms with Crippen molar-refractivity contribution in [2.24, 2.45) is 0 Å². The Hall–Kier alpha value is -0.830. The van der Waals surface area contributed by atoms with Crippen LogP contribution in [0.5, 0.6) is 0 Å². The predicted molar refractivity (Wildman–Crippen MR) is 57.8 cm³/mol. The van der Waals surface area contributed by atoms with Gasteiger partial charge in [-0.15, -0.1) is 0 Å². The minimum Gasteiger partial charge on any atom is -0.361 e. The number of nitrogens with one attached hydrogen (secondary N) is 1. The molecule has 0 radical (unpaired) electrons. The van der Waals surface area contributed by atoms with Gasteiger partial charge in [0.15, 0.2) is 0 Å². The Labute approximate surface area is 90.2 Å². The lowest BCUT2D eigenvalue weighted by atomic mass is 9.80. The fourth-order valence-electron chi connectivity index (χ4n) is 2.63. The van der Waals surface area contributed by atoms with Gasteiger partial charge in [-0.1, -0.05) is 11.6 Å². The summed E-state index contributed by atoms with van der Waals surface area (Å²) >= 11 is 0. The van der Waals surface area contributed by atoms with Crippen LogP contribution in [-0.4, -0.2) is 17.7 Å². The predicted octanol–water partition coefficient (Wildman–Crippen LogP) is 2.24. The van der Waals surface area contributed by atoms with E-state index in [2.05, 4.69) is 10.5 Å². The van der Waals surface area contributed by atoms with E-state index in [1.54, 1.807) is 0 Å². The Morgan fingerprint density at radius 1 is 1.33 bits per heavy atom. The smallest absolute Gasteiger partial charge is 0.141 e. The molecular weight excluding hydrogens is 188 g/mol. The van der Waals surface area contributed by atoms with Crippen molar-refractivity contribution in [3.05, 3.63) is 17.5 Å². The lowest BCUT2D eigenvalue weighted by molar-refractivity contribution is 0.357. The first kappa shape index (κ1) is 9.40. The van der Waals surface area contributed by atoms with Gasteiger partial charge >= 0.3 is 0 Å². The molecule has 3 heteroatoms. The molecule has 1 aromatic heterocycles. The summed E-state index contributed by atoms with van der Waals surface area (Å²) < 4.78 is 5.39. The molecule has 3 rings (SSSR count). The molecule has 1 aliphatic heterocycles. The van der Waals surface area contributed by atoms with Crippen LogP contribution >= 0.6 is 0 Å². The minimum absolute atomic E-state index is 0.622. The summed E-state index contributed by atoms with van der Waals surface area (Å²) in [5.74, 6) is 1.88. The van der Waals surface area contributed by atoms with E-state index in [-0.39, 0.29) is 0 Å². The minimum atomic E-state index is 0.622. The second kappa shape index (κ2) is 3.97. The molecule has 2 heterocycles. The molecule has 1 saturated heterocycles. The molecule has 1 unspecified atom stereocenters. The van der Waals surface area contributed by atoms with E-state index < -0.39 is 0 Å². The Bertz CT molecular complexity index is 324. The summed E-state index contributed by atoms with van der Waals surface area (Å²) in [5, 5.41) is 7.47. The number of nitrogens with zero attached hydrogens (tertiary/aromatic N) is 1. The molecule has 0 amide bonds. The normalized spacial score (nSPS) is 26.8. The van der Waals surface area contributed by atoms with Gasteiger partial charge in [-0.3, -0.25) is 0 Å². The van der Waals surface area contributed by atoms with Gasteiger partial charge in [0.25, 0.3) is 0 Å². The van der Waals surface area contributed by atoms with E-state index >= 15 is 0 Å². The van der Waals surface area contributed by atoms with E-state index in [0.29, 0.717) is 6.04 Å². The van der Waals surface area contributed by atoms with Crippen molar-refractivity contribution < 1.29 is 4.52 Å². The van der Waals surface area contributed by atoms with Crippen molar-refractivity contribution in [1.82, 2.24) is 10.5 Å². The lowest BCUT2D eigenvalue weighted by Gasteiger charge is -2.25. The highest BCUT2D eigenvalue weighted by atomic mass is 16.5. The highest BCUT2D eigenvalue weighted by Gasteiger charge is 2.26. The Morgan fingerprint density at radius 3 is 2.93 bits per heavy atom. The monoisotopic (exact) mass is 206 g/mol. The third kappa shape index (κ3) is 1.81. The van der Waals surface area contributed by atoms with E-state index in [1.807, 2.05) is 6.20 Å². The maximum absolute atomic E-state index is 5.39. The standard InChI is InChI=1S/C12H18N2O/c1-3-9(4-1)11-8-14-15-12(11)7-10-5-2-6-13-10/h8-10,13H,1-7H2. The molecule has 1 atom stereocenters. The first-order chi connectivity index (χ1) is 7.43. The Morgan fingerprint density at radius 2 is 2.27 bits per heavy atom. The van der Waals surface area contributed by atoms with Crippen LogP contribution in [0.2, 0.25) is 0 Å². The molecule has 15 heavy (non-hydrogen) atoms. The zero-order valence-electron chi connectivity index (χ0n) is 9.04. The van der Waals surface area contributed by atoms with Crippen LogP contribution in [-0.2, 0) is 6.42 Å².